The summed E-state index contributed by atoms with van der Waals surface area (Å²) >= 11 is 1.35. The van der Waals surface area contributed by atoms with E-state index in [4.69, 9.17) is 0 Å². The fourth-order valence-corrected chi connectivity index (χ4v) is 4.81. The van der Waals surface area contributed by atoms with Crippen molar-refractivity contribution < 1.29 is 9.59 Å². The first-order valence-electron chi connectivity index (χ1n) is 10.3. The van der Waals surface area contributed by atoms with Crippen molar-refractivity contribution >= 4 is 28.2 Å². The van der Waals surface area contributed by atoms with Crippen LogP contribution in [0.4, 0.5) is 5.13 Å². The van der Waals surface area contributed by atoms with E-state index in [9.17, 15) is 14.4 Å². The molecular formula is C24H25N3O3S. The van der Waals surface area contributed by atoms with Gasteiger partial charge in [0.15, 0.2) is 10.9 Å². The van der Waals surface area contributed by atoms with Gasteiger partial charge in [0.25, 0.3) is 11.5 Å². The summed E-state index contributed by atoms with van der Waals surface area (Å²) in [5, 5.41) is 3.15. The van der Waals surface area contributed by atoms with E-state index in [2.05, 4.69) is 34.3 Å². The number of aromatic amines is 1. The number of hydrogen-bond donors (Lipinski definition) is 2. The third-order valence-corrected chi connectivity index (χ3v) is 6.50. The fourth-order valence-electron chi connectivity index (χ4n) is 3.98. The van der Waals surface area contributed by atoms with Gasteiger partial charge < -0.3 is 4.98 Å². The zero-order chi connectivity index (χ0) is 22.3. The lowest BCUT2D eigenvalue weighted by Crippen LogP contribution is -2.32. The van der Waals surface area contributed by atoms with E-state index in [0.29, 0.717) is 29.2 Å². The van der Waals surface area contributed by atoms with Gasteiger partial charge in [0, 0.05) is 28.1 Å². The van der Waals surface area contributed by atoms with Crippen molar-refractivity contribution in [1.29, 1.82) is 0 Å². The maximum Gasteiger partial charge on any atom is 0.263 e. The number of H-pyrrole nitrogens is 1. The summed E-state index contributed by atoms with van der Waals surface area (Å²) in [4.78, 5) is 46.2. The maximum absolute atomic E-state index is 12.8. The van der Waals surface area contributed by atoms with Gasteiger partial charge in [-0.3, -0.25) is 19.7 Å². The lowest BCUT2D eigenvalue weighted by Gasteiger charge is -2.29. The smallest absolute Gasteiger partial charge is 0.263 e. The number of aryl methyl sites for hydroxylation is 2. The van der Waals surface area contributed by atoms with Gasteiger partial charge in [-0.2, -0.15) is 0 Å². The lowest BCUT2D eigenvalue weighted by atomic mass is 9.75. The van der Waals surface area contributed by atoms with Gasteiger partial charge in [-0.15, -0.1) is 11.3 Å². The number of amides is 1. The molecule has 0 atom stereocenters. The molecule has 2 aromatic heterocycles. The second kappa shape index (κ2) is 7.89. The molecule has 4 rings (SSSR count). The maximum atomic E-state index is 12.8. The predicted molar refractivity (Wildman–Crippen MR) is 123 cm³/mol. The number of rotatable bonds is 4. The van der Waals surface area contributed by atoms with Gasteiger partial charge in [0.1, 0.15) is 5.56 Å². The normalized spacial score (nSPS) is 14.9. The van der Waals surface area contributed by atoms with Crippen molar-refractivity contribution in [3.63, 3.8) is 0 Å². The monoisotopic (exact) mass is 435 g/mol. The van der Waals surface area contributed by atoms with Crippen molar-refractivity contribution in [2.45, 2.75) is 47.0 Å². The number of anilines is 1. The fraction of sp³-hybridized carbons (Fsp3) is 0.333. The summed E-state index contributed by atoms with van der Waals surface area (Å²) in [7, 11) is 0. The Bertz CT molecular complexity index is 1240. The second-order valence-corrected chi connectivity index (χ2v) is 9.98. The first-order valence-corrected chi connectivity index (χ1v) is 11.2. The molecule has 31 heavy (non-hydrogen) atoms. The number of carbonyl (C=O) groups is 2. The predicted octanol–water partition coefficient (Wildman–Crippen LogP) is 4.78. The Hall–Kier alpha value is -3.06. The molecule has 0 saturated heterocycles. The molecule has 1 aromatic carbocycles. The van der Waals surface area contributed by atoms with Crippen LogP contribution in [0.15, 0.2) is 35.1 Å². The number of benzene rings is 1. The number of pyridine rings is 1. The second-order valence-electron chi connectivity index (χ2n) is 8.77. The van der Waals surface area contributed by atoms with Crippen LogP contribution in [-0.2, 0) is 12.8 Å². The van der Waals surface area contributed by atoms with E-state index in [1.807, 2.05) is 32.9 Å². The van der Waals surface area contributed by atoms with Crippen LogP contribution < -0.4 is 10.9 Å². The third kappa shape index (κ3) is 4.23. The minimum atomic E-state index is -0.566. The first kappa shape index (κ1) is 21.2. The molecule has 0 aliphatic heterocycles. The standard InChI is InChI=1S/C24H25N3O3S/c1-5-14-6-8-15(9-7-14)20-13(2)31-23(26-20)27-22(30)17-10-16-18(25-21(17)29)11-24(3,4)12-19(16)28/h6-10H,5,11-12H2,1-4H3,(H,25,29)(H,26,27,30). The van der Waals surface area contributed by atoms with E-state index < -0.39 is 11.5 Å². The molecule has 2 heterocycles. The number of carbonyl (C=O) groups excluding carboxylic acids is 2. The topological polar surface area (TPSA) is 91.9 Å². The Kier molecular flexibility index (Phi) is 5.39. The molecule has 0 radical (unpaired) electrons. The Morgan fingerprint density at radius 3 is 2.58 bits per heavy atom. The van der Waals surface area contributed by atoms with Crippen LogP contribution in [0.1, 0.15) is 64.0 Å². The molecule has 0 fully saturated rings. The van der Waals surface area contributed by atoms with Gasteiger partial charge in [-0.25, -0.2) is 4.98 Å². The molecule has 1 amide bonds. The van der Waals surface area contributed by atoms with Gasteiger partial charge in [-0.1, -0.05) is 45.0 Å². The summed E-state index contributed by atoms with van der Waals surface area (Å²) in [6.07, 6.45) is 1.95. The van der Waals surface area contributed by atoms with E-state index in [0.717, 1.165) is 22.6 Å². The quantitative estimate of drug-likeness (QED) is 0.617. The van der Waals surface area contributed by atoms with E-state index in [1.165, 1.54) is 23.0 Å². The SMILES string of the molecule is CCc1ccc(-c2nc(NC(=O)c3cc4c([nH]c3=O)CC(C)(C)CC4=O)sc2C)cc1. The highest BCUT2D eigenvalue weighted by atomic mass is 32.1. The Labute approximate surface area is 184 Å². The number of thiazole rings is 1. The van der Waals surface area contributed by atoms with Crippen molar-refractivity contribution in [3.05, 3.63) is 67.9 Å². The molecule has 160 valence electrons. The van der Waals surface area contributed by atoms with E-state index in [1.54, 1.807) is 0 Å². The molecule has 1 aliphatic carbocycles. The number of aromatic nitrogens is 2. The molecule has 1 aliphatic rings. The molecule has 0 unspecified atom stereocenters. The Morgan fingerprint density at radius 1 is 1.19 bits per heavy atom. The summed E-state index contributed by atoms with van der Waals surface area (Å²) in [6, 6.07) is 9.60. The van der Waals surface area contributed by atoms with Crippen LogP contribution in [0, 0.1) is 12.3 Å². The van der Waals surface area contributed by atoms with Gasteiger partial charge in [-0.05, 0) is 36.8 Å². The third-order valence-electron chi connectivity index (χ3n) is 5.61. The minimum absolute atomic E-state index is 0.0561. The number of nitrogens with one attached hydrogen (secondary N) is 2. The van der Waals surface area contributed by atoms with E-state index >= 15 is 0 Å². The van der Waals surface area contributed by atoms with Crippen LogP contribution in [-0.4, -0.2) is 21.7 Å². The Balaban J connectivity index is 1.60. The Morgan fingerprint density at radius 2 is 1.90 bits per heavy atom. The molecule has 0 bridgehead atoms. The van der Waals surface area contributed by atoms with Crippen LogP contribution in [0.3, 0.4) is 0 Å². The average Bonchev–Trinajstić information content (AvgIpc) is 3.06. The average molecular weight is 436 g/mol. The van der Waals surface area contributed by atoms with Crippen LogP contribution in [0.2, 0.25) is 0 Å². The zero-order valence-electron chi connectivity index (χ0n) is 18.1. The van der Waals surface area contributed by atoms with Crippen molar-refractivity contribution in [3.8, 4) is 11.3 Å². The molecule has 7 heteroatoms. The molecule has 0 saturated carbocycles. The number of nitrogens with zero attached hydrogens (tertiary/aromatic N) is 1. The van der Waals surface area contributed by atoms with Gasteiger partial charge in [0.2, 0.25) is 0 Å². The molecule has 6 nitrogen and oxygen atoms in total. The largest absolute Gasteiger partial charge is 0.325 e. The lowest BCUT2D eigenvalue weighted by molar-refractivity contribution is 0.0910. The molecule has 3 aromatic rings. The van der Waals surface area contributed by atoms with Gasteiger partial charge >= 0.3 is 0 Å². The van der Waals surface area contributed by atoms with E-state index in [-0.39, 0.29) is 16.8 Å². The number of hydrogen-bond acceptors (Lipinski definition) is 5. The molecular weight excluding hydrogens is 410 g/mol. The summed E-state index contributed by atoms with van der Waals surface area (Å²) in [5.41, 5.74) is 3.28. The number of ketones is 1. The van der Waals surface area contributed by atoms with Crippen molar-refractivity contribution in [2.75, 3.05) is 5.32 Å². The highest BCUT2D eigenvalue weighted by molar-refractivity contribution is 7.16. The van der Waals surface area contributed by atoms with Gasteiger partial charge in [0.05, 0.1) is 5.69 Å². The van der Waals surface area contributed by atoms with Crippen molar-refractivity contribution in [2.24, 2.45) is 5.41 Å². The van der Waals surface area contributed by atoms with Crippen molar-refractivity contribution in [1.82, 2.24) is 9.97 Å². The minimum Gasteiger partial charge on any atom is -0.325 e. The van der Waals surface area contributed by atoms with Crippen LogP contribution in [0.5, 0.6) is 0 Å². The zero-order valence-corrected chi connectivity index (χ0v) is 18.9. The number of fused-ring (bicyclic) bond motifs is 1. The summed E-state index contributed by atoms with van der Waals surface area (Å²) in [5.74, 6) is -0.622. The highest BCUT2D eigenvalue weighted by Gasteiger charge is 2.32. The summed E-state index contributed by atoms with van der Waals surface area (Å²) < 4.78 is 0. The molecule has 0 spiro atoms. The van der Waals surface area contributed by atoms with Crippen LogP contribution in [0.25, 0.3) is 11.3 Å². The molecule has 2 N–H and O–H groups in total. The highest BCUT2D eigenvalue weighted by Crippen LogP contribution is 2.34. The van der Waals surface area contributed by atoms with Crippen LogP contribution >= 0.6 is 11.3 Å². The summed E-state index contributed by atoms with van der Waals surface area (Å²) in [6.45, 7) is 8.03. The first-order chi connectivity index (χ1) is 14.7. The number of Topliss-reactive ketones (excluding diaryl/α,β-unsaturated/α-hetero) is 1.